The first-order valence-corrected chi connectivity index (χ1v) is 12.4. The number of hydrogen-bond acceptors (Lipinski definition) is 6. The quantitative estimate of drug-likeness (QED) is 0.235. The van der Waals surface area contributed by atoms with Crippen LogP contribution in [0.5, 0.6) is 11.5 Å². The van der Waals surface area contributed by atoms with Gasteiger partial charge >= 0.3 is 0 Å². The van der Waals surface area contributed by atoms with Gasteiger partial charge in [0.15, 0.2) is 16.6 Å². The number of halogens is 2. The fourth-order valence-electron chi connectivity index (χ4n) is 3.66. The van der Waals surface area contributed by atoms with Crippen molar-refractivity contribution in [3.05, 3.63) is 65.2 Å². The Morgan fingerprint density at radius 2 is 1.91 bits per heavy atom. The van der Waals surface area contributed by atoms with Gasteiger partial charge in [-0.1, -0.05) is 29.0 Å². The Morgan fingerprint density at radius 1 is 1.14 bits per heavy atom. The second-order valence-corrected chi connectivity index (χ2v) is 9.06. The Bertz CT molecular complexity index is 1240. The van der Waals surface area contributed by atoms with Crippen molar-refractivity contribution in [3.8, 4) is 11.5 Å². The molecule has 7 nitrogen and oxygen atoms in total. The highest BCUT2D eigenvalue weighted by Gasteiger charge is 2.23. The van der Waals surface area contributed by atoms with Crippen molar-refractivity contribution in [1.82, 2.24) is 14.5 Å². The van der Waals surface area contributed by atoms with Crippen molar-refractivity contribution < 1.29 is 14.3 Å². The van der Waals surface area contributed by atoms with Gasteiger partial charge in [-0.3, -0.25) is 9.69 Å². The monoisotopic (exact) mass is 534 g/mol. The summed E-state index contributed by atoms with van der Waals surface area (Å²) in [6, 6.07) is 9.10. The number of nitrogens with zero attached hydrogens (tertiary/aromatic N) is 4. The number of amides is 1. The van der Waals surface area contributed by atoms with Crippen LogP contribution in [0.1, 0.15) is 36.2 Å². The molecule has 4 aromatic rings. The van der Waals surface area contributed by atoms with Crippen molar-refractivity contribution in [2.24, 2.45) is 0 Å². The predicted molar refractivity (Wildman–Crippen MR) is 144 cm³/mol. The van der Waals surface area contributed by atoms with Crippen LogP contribution < -0.4 is 14.4 Å². The Labute approximate surface area is 220 Å². The lowest BCUT2D eigenvalue weighted by atomic mass is 10.1. The molecule has 1 amide bonds. The second kappa shape index (κ2) is 12.2. The van der Waals surface area contributed by atoms with E-state index in [1.807, 2.05) is 43.7 Å². The molecule has 0 saturated heterocycles. The Kier molecular flexibility index (Phi) is 9.37. The van der Waals surface area contributed by atoms with Gasteiger partial charge < -0.3 is 14.0 Å². The highest BCUT2D eigenvalue weighted by molar-refractivity contribution is 7.23. The van der Waals surface area contributed by atoms with E-state index in [2.05, 4.69) is 4.98 Å². The van der Waals surface area contributed by atoms with Gasteiger partial charge in [-0.25, -0.2) is 9.97 Å². The molecule has 0 aliphatic heterocycles. The number of fused-ring (bicyclic) bond motifs is 1. The van der Waals surface area contributed by atoms with E-state index in [4.69, 9.17) is 26.1 Å². The summed E-state index contributed by atoms with van der Waals surface area (Å²) in [5, 5.41) is 1.25. The smallest absolute Gasteiger partial charge is 0.260 e. The third-order valence-corrected chi connectivity index (χ3v) is 6.85. The zero-order valence-electron chi connectivity index (χ0n) is 19.9. The number of benzene rings is 2. The molecule has 0 aliphatic rings. The Hall–Kier alpha value is -2.81. The van der Waals surface area contributed by atoms with E-state index in [9.17, 15) is 4.79 Å². The summed E-state index contributed by atoms with van der Waals surface area (Å²) in [6.07, 6.45) is 6.16. The first-order chi connectivity index (χ1) is 16.5. The maximum absolute atomic E-state index is 13.8. The summed E-state index contributed by atoms with van der Waals surface area (Å²) >= 11 is 7.87. The third-order valence-electron chi connectivity index (χ3n) is 5.31. The van der Waals surface area contributed by atoms with E-state index in [1.165, 1.54) is 11.3 Å². The van der Waals surface area contributed by atoms with Crippen LogP contribution >= 0.6 is 35.3 Å². The molecule has 186 valence electrons. The molecule has 0 spiro atoms. The summed E-state index contributed by atoms with van der Waals surface area (Å²) in [5.74, 6) is 1.02. The SMILES string of the molecule is CCOc1ccc(C(=O)N(CCCn2ccnc2)c2nc3c(C)ccc(Cl)c3s2)cc1OCC.Cl. The minimum absolute atomic E-state index is 0. The molecule has 0 radical (unpaired) electrons. The molecule has 10 heteroatoms. The van der Waals surface area contributed by atoms with Gasteiger partial charge in [0, 0.05) is 31.0 Å². The van der Waals surface area contributed by atoms with Gasteiger partial charge in [0.2, 0.25) is 0 Å². The number of aryl methyl sites for hydroxylation is 2. The standard InChI is InChI=1S/C25H27ClN4O3S.ClH/c1-4-32-20-10-8-18(15-21(20)33-5-2)24(31)30(13-6-12-29-14-11-27-16-29)25-28-22-17(3)7-9-19(26)23(22)34-25;/h7-11,14-16H,4-6,12-13H2,1-3H3;1H. The molecule has 0 fully saturated rings. The van der Waals surface area contributed by atoms with E-state index < -0.39 is 0 Å². The lowest BCUT2D eigenvalue weighted by Crippen LogP contribution is -2.32. The molecule has 0 saturated carbocycles. The molecular weight excluding hydrogens is 507 g/mol. The van der Waals surface area contributed by atoms with Crippen molar-refractivity contribution in [1.29, 1.82) is 0 Å². The number of thiazole rings is 1. The van der Waals surface area contributed by atoms with Crippen LogP contribution in [0.4, 0.5) is 5.13 Å². The number of ether oxygens (including phenoxy) is 2. The largest absolute Gasteiger partial charge is 0.490 e. The van der Waals surface area contributed by atoms with Gasteiger partial charge in [0.05, 0.1) is 34.8 Å². The molecule has 0 N–H and O–H groups in total. The summed E-state index contributed by atoms with van der Waals surface area (Å²) in [5.41, 5.74) is 2.35. The summed E-state index contributed by atoms with van der Waals surface area (Å²) < 4.78 is 14.3. The van der Waals surface area contributed by atoms with Gasteiger partial charge in [-0.05, 0) is 57.0 Å². The van der Waals surface area contributed by atoms with Gasteiger partial charge in [-0.15, -0.1) is 12.4 Å². The molecule has 2 heterocycles. The van der Waals surface area contributed by atoms with E-state index in [1.54, 1.807) is 35.6 Å². The molecular formula is C25H28Cl2N4O3S. The van der Waals surface area contributed by atoms with Gasteiger partial charge in [-0.2, -0.15) is 0 Å². The van der Waals surface area contributed by atoms with Gasteiger partial charge in [0.25, 0.3) is 5.91 Å². The van der Waals surface area contributed by atoms with Crippen molar-refractivity contribution in [2.75, 3.05) is 24.7 Å². The van der Waals surface area contributed by atoms with Crippen LogP contribution in [0.15, 0.2) is 49.1 Å². The fourth-order valence-corrected chi connectivity index (χ4v) is 5.00. The molecule has 0 atom stereocenters. The van der Waals surface area contributed by atoms with Gasteiger partial charge in [0.1, 0.15) is 0 Å². The number of carbonyl (C=O) groups is 1. The number of hydrogen-bond donors (Lipinski definition) is 0. The van der Waals surface area contributed by atoms with E-state index in [0.717, 1.165) is 28.7 Å². The first-order valence-electron chi connectivity index (χ1n) is 11.2. The van der Waals surface area contributed by atoms with Crippen molar-refractivity contribution in [2.45, 2.75) is 33.7 Å². The van der Waals surface area contributed by atoms with Crippen LogP contribution in [-0.2, 0) is 6.54 Å². The number of rotatable bonds is 10. The minimum atomic E-state index is -0.150. The first kappa shape index (κ1) is 26.8. The highest BCUT2D eigenvalue weighted by atomic mass is 35.5. The minimum Gasteiger partial charge on any atom is -0.490 e. The number of carbonyl (C=O) groups excluding carboxylic acids is 1. The highest BCUT2D eigenvalue weighted by Crippen LogP contribution is 2.37. The molecule has 4 rings (SSSR count). The molecule has 0 bridgehead atoms. The Balaban J connectivity index is 0.00000342. The normalized spacial score (nSPS) is 10.7. The number of imidazole rings is 1. The van der Waals surface area contributed by atoms with E-state index in [-0.39, 0.29) is 18.3 Å². The lowest BCUT2D eigenvalue weighted by molar-refractivity contribution is 0.0985. The Morgan fingerprint density at radius 3 is 2.60 bits per heavy atom. The third kappa shape index (κ3) is 6.07. The predicted octanol–water partition coefficient (Wildman–Crippen LogP) is 6.41. The maximum atomic E-state index is 13.8. The fraction of sp³-hybridized carbons (Fsp3) is 0.320. The molecule has 2 aromatic heterocycles. The van der Waals surface area contributed by atoms with E-state index in [0.29, 0.717) is 47.0 Å². The average Bonchev–Trinajstić information content (AvgIpc) is 3.51. The molecule has 2 aromatic carbocycles. The molecule has 0 aliphatic carbocycles. The average molecular weight is 535 g/mol. The van der Waals surface area contributed by atoms with Crippen LogP contribution in [0.2, 0.25) is 5.02 Å². The second-order valence-electron chi connectivity index (χ2n) is 7.68. The van der Waals surface area contributed by atoms with Crippen LogP contribution in [0, 0.1) is 6.92 Å². The van der Waals surface area contributed by atoms with Crippen LogP contribution in [0.3, 0.4) is 0 Å². The number of aromatic nitrogens is 3. The molecule has 0 unspecified atom stereocenters. The van der Waals surface area contributed by atoms with Crippen molar-refractivity contribution in [3.63, 3.8) is 0 Å². The molecule has 35 heavy (non-hydrogen) atoms. The van der Waals surface area contributed by atoms with Crippen molar-refractivity contribution >= 4 is 56.6 Å². The maximum Gasteiger partial charge on any atom is 0.260 e. The zero-order chi connectivity index (χ0) is 24.1. The van der Waals surface area contributed by atoms with Crippen LogP contribution in [0.25, 0.3) is 10.2 Å². The zero-order valence-corrected chi connectivity index (χ0v) is 22.3. The van der Waals surface area contributed by atoms with E-state index >= 15 is 0 Å². The summed E-state index contributed by atoms with van der Waals surface area (Å²) in [6.45, 7) is 8.03. The van der Waals surface area contributed by atoms with Crippen LogP contribution in [-0.4, -0.2) is 40.2 Å². The summed E-state index contributed by atoms with van der Waals surface area (Å²) in [4.78, 5) is 24.4. The number of anilines is 1. The topological polar surface area (TPSA) is 69.5 Å². The summed E-state index contributed by atoms with van der Waals surface area (Å²) in [7, 11) is 0. The lowest BCUT2D eigenvalue weighted by Gasteiger charge is -2.21.